The largest absolute Gasteiger partial charge is 0.0956 e. The minimum atomic E-state index is 0.458. The Labute approximate surface area is 27.1 Å². The lowest BCUT2D eigenvalue weighted by molar-refractivity contribution is 1.36. The summed E-state index contributed by atoms with van der Waals surface area (Å²) in [5, 5.41) is 0. The molecule has 0 saturated carbocycles. The first kappa shape index (κ1) is 3.74. The maximum atomic E-state index is 4.85. The standard InChI is InChI=1S/C4H5/c1-3-4-2/h1H,2-3H2. The van der Waals surface area contributed by atoms with Crippen molar-refractivity contribution in [2.75, 3.05) is 0 Å². The molecule has 0 aliphatic rings. The van der Waals surface area contributed by atoms with Gasteiger partial charge in [-0.25, -0.2) is 0 Å². The van der Waals surface area contributed by atoms with E-state index in [2.05, 4.69) is 12.7 Å². The highest BCUT2D eigenvalue weighted by molar-refractivity contribution is 4.53. The Hall–Kier alpha value is -0.260. The lowest BCUT2D eigenvalue weighted by Gasteiger charge is -1.55. The summed E-state index contributed by atoms with van der Waals surface area (Å²) in [6.07, 6.45) is 2.92. The molecule has 3 radical (unpaired) electrons. The normalized spacial score (nSPS) is 6.25. The zero-order valence-electron chi connectivity index (χ0n) is 2.49. The third-order valence-electron chi connectivity index (χ3n) is 0.144. The van der Waals surface area contributed by atoms with Gasteiger partial charge in [0.05, 0.1) is 0 Å². The van der Waals surface area contributed by atoms with Crippen LogP contribution in [0.2, 0.25) is 0 Å². The SMILES string of the molecule is [CH]C[C]=C. The zero-order valence-corrected chi connectivity index (χ0v) is 2.49. The molecule has 0 atom stereocenters. The van der Waals surface area contributed by atoms with E-state index in [0.717, 1.165) is 0 Å². The van der Waals surface area contributed by atoms with Crippen LogP contribution in [-0.4, -0.2) is 0 Å². The fourth-order valence-electron chi connectivity index (χ4n) is 0. The number of hydrogen-bond donors (Lipinski definition) is 0. The van der Waals surface area contributed by atoms with Crippen molar-refractivity contribution in [2.24, 2.45) is 0 Å². The Morgan fingerprint density at radius 2 is 2.25 bits per heavy atom. The van der Waals surface area contributed by atoms with Crippen LogP contribution in [0.5, 0.6) is 0 Å². The van der Waals surface area contributed by atoms with Crippen molar-refractivity contribution in [3.05, 3.63) is 19.6 Å². The van der Waals surface area contributed by atoms with Crippen molar-refractivity contribution < 1.29 is 0 Å². The molecule has 0 fully saturated rings. The Kier molecular flexibility index (Phi) is 2.56. The fourth-order valence-corrected chi connectivity index (χ4v) is 0. The van der Waals surface area contributed by atoms with Gasteiger partial charge in [0.1, 0.15) is 0 Å². The summed E-state index contributed by atoms with van der Waals surface area (Å²) in [6.45, 7) is 8.08. The van der Waals surface area contributed by atoms with Crippen LogP contribution in [0.15, 0.2) is 6.58 Å². The van der Waals surface area contributed by atoms with Gasteiger partial charge in [-0.2, -0.15) is 0 Å². The van der Waals surface area contributed by atoms with E-state index in [1.807, 2.05) is 0 Å². The van der Waals surface area contributed by atoms with Crippen molar-refractivity contribution in [3.8, 4) is 0 Å². The molecule has 0 aromatic rings. The van der Waals surface area contributed by atoms with Gasteiger partial charge in [-0.3, -0.25) is 0 Å². The van der Waals surface area contributed by atoms with Crippen LogP contribution in [0, 0.1) is 13.0 Å². The molecule has 0 aromatic heterocycles. The molecular formula is C4H5. The van der Waals surface area contributed by atoms with Crippen molar-refractivity contribution in [1.82, 2.24) is 0 Å². The second-order valence-electron chi connectivity index (χ2n) is 0.454. The van der Waals surface area contributed by atoms with Crippen molar-refractivity contribution in [2.45, 2.75) is 6.42 Å². The summed E-state index contributed by atoms with van der Waals surface area (Å²) in [7, 11) is 0. The lowest BCUT2D eigenvalue weighted by Crippen LogP contribution is -1.40. The van der Waals surface area contributed by atoms with Gasteiger partial charge in [-0.15, -0.1) is 0 Å². The molecule has 0 amide bonds. The molecule has 0 heteroatoms. The van der Waals surface area contributed by atoms with Gasteiger partial charge in [-0.05, 0) is 13.3 Å². The van der Waals surface area contributed by atoms with Gasteiger partial charge in [0.25, 0.3) is 0 Å². The van der Waals surface area contributed by atoms with Gasteiger partial charge >= 0.3 is 0 Å². The molecule has 0 aliphatic heterocycles. The Bertz CT molecular complexity index is 14.0. The molecule has 0 aromatic carbocycles. The van der Waals surface area contributed by atoms with E-state index in [4.69, 9.17) is 6.92 Å². The molecule has 0 spiro atoms. The summed E-state index contributed by atoms with van der Waals surface area (Å²) in [5.41, 5.74) is 0. The first-order valence-corrected chi connectivity index (χ1v) is 1.12. The monoisotopic (exact) mass is 53.0 g/mol. The highest BCUT2D eigenvalue weighted by atomic mass is 13.5. The maximum Gasteiger partial charge on any atom is -0.0248 e. The van der Waals surface area contributed by atoms with Crippen LogP contribution in [0.3, 0.4) is 0 Å². The predicted octanol–water partition coefficient (Wildman–Crippen LogP) is 1.08. The highest BCUT2D eigenvalue weighted by Gasteiger charge is 1.47. The minimum Gasteiger partial charge on any atom is -0.0956 e. The van der Waals surface area contributed by atoms with Crippen molar-refractivity contribution >= 4 is 0 Å². The summed E-state index contributed by atoms with van der Waals surface area (Å²) in [4.78, 5) is 0. The van der Waals surface area contributed by atoms with E-state index >= 15 is 0 Å². The fraction of sp³-hybridized carbons (Fsp3) is 0.250. The third-order valence-corrected chi connectivity index (χ3v) is 0.144. The van der Waals surface area contributed by atoms with E-state index in [9.17, 15) is 0 Å². The quantitative estimate of drug-likeness (QED) is 0.419. The van der Waals surface area contributed by atoms with E-state index in [1.54, 1.807) is 0 Å². The van der Waals surface area contributed by atoms with E-state index in [0.29, 0.717) is 6.42 Å². The van der Waals surface area contributed by atoms with Crippen LogP contribution in [0.1, 0.15) is 6.42 Å². The van der Waals surface area contributed by atoms with Gasteiger partial charge in [0, 0.05) is 0 Å². The second-order valence-corrected chi connectivity index (χ2v) is 0.454. The average Bonchev–Trinajstić information content (AvgIpc) is 1.37. The summed E-state index contributed by atoms with van der Waals surface area (Å²) < 4.78 is 0. The van der Waals surface area contributed by atoms with Crippen molar-refractivity contribution in [1.29, 1.82) is 0 Å². The van der Waals surface area contributed by atoms with Crippen LogP contribution in [0.4, 0.5) is 0 Å². The average molecular weight is 53.1 g/mol. The predicted molar refractivity (Wildman–Crippen MR) is 17.8 cm³/mol. The van der Waals surface area contributed by atoms with E-state index < -0.39 is 0 Å². The smallest absolute Gasteiger partial charge is 0.0248 e. The van der Waals surface area contributed by atoms with Crippen LogP contribution in [0.25, 0.3) is 0 Å². The zero-order chi connectivity index (χ0) is 3.41. The lowest BCUT2D eigenvalue weighted by atomic mass is 10.5. The van der Waals surface area contributed by atoms with E-state index in [1.165, 1.54) is 0 Å². The molecule has 0 heterocycles. The van der Waals surface area contributed by atoms with Gasteiger partial charge < -0.3 is 0 Å². The molecular weight excluding hydrogens is 48.0 g/mol. The Morgan fingerprint density at radius 3 is 2.25 bits per heavy atom. The first-order valence-electron chi connectivity index (χ1n) is 1.12. The second kappa shape index (κ2) is 2.74. The summed E-state index contributed by atoms with van der Waals surface area (Å²) in [5.74, 6) is 0. The summed E-state index contributed by atoms with van der Waals surface area (Å²) >= 11 is 0. The molecule has 0 saturated heterocycles. The number of hydrogen-bond acceptors (Lipinski definition) is 0. The third kappa shape index (κ3) is 1.74. The van der Waals surface area contributed by atoms with E-state index in [-0.39, 0.29) is 0 Å². The van der Waals surface area contributed by atoms with Crippen LogP contribution in [-0.2, 0) is 0 Å². The molecule has 0 rings (SSSR count). The van der Waals surface area contributed by atoms with Crippen LogP contribution >= 0.6 is 0 Å². The topological polar surface area (TPSA) is 0 Å². The maximum absolute atomic E-state index is 4.85. The molecule has 21 valence electrons. The Morgan fingerprint density at radius 1 is 2.00 bits per heavy atom. The minimum absolute atomic E-state index is 0.458. The molecule has 0 bridgehead atoms. The molecule has 4 heavy (non-hydrogen) atoms. The van der Waals surface area contributed by atoms with Gasteiger partial charge in [0.15, 0.2) is 0 Å². The summed E-state index contributed by atoms with van der Waals surface area (Å²) in [6, 6.07) is 0. The van der Waals surface area contributed by atoms with Crippen molar-refractivity contribution in [3.63, 3.8) is 0 Å². The number of allylic oxidation sites excluding steroid dienone is 1. The van der Waals surface area contributed by atoms with Gasteiger partial charge in [-0.1, -0.05) is 12.7 Å². The van der Waals surface area contributed by atoms with Crippen LogP contribution < -0.4 is 0 Å². The molecule has 0 nitrogen and oxygen atoms in total. The Balaban J connectivity index is 2.30. The molecule has 0 aliphatic carbocycles. The van der Waals surface area contributed by atoms with Gasteiger partial charge in [0.2, 0.25) is 0 Å². The molecule has 0 N–H and O–H groups in total. The molecule has 0 unspecified atom stereocenters. The first-order chi connectivity index (χ1) is 1.91. The highest BCUT2D eigenvalue weighted by Crippen LogP contribution is 1.63. The number of rotatable bonds is 1.